The Kier molecular flexibility index (Phi) is 12.6. The van der Waals surface area contributed by atoms with E-state index in [0.717, 1.165) is 18.7 Å². The van der Waals surface area contributed by atoms with Gasteiger partial charge in [-0.15, -0.1) is 0 Å². The highest BCUT2D eigenvalue weighted by Gasteiger charge is 2.41. The summed E-state index contributed by atoms with van der Waals surface area (Å²) in [5.74, 6) is 0.153. The fraction of sp³-hybridized carbons (Fsp3) is 0.484. The summed E-state index contributed by atoms with van der Waals surface area (Å²) >= 11 is 2.07. The maximum Gasteiger partial charge on any atom is 0.247 e. The minimum Gasteiger partial charge on any atom is -0.493 e. The SMILES string of the molecule is COc1cc(CO)cc(I)c1O[C@H]1C=C(C(=O)NCCO)C[C@@H](N(CCN2CCOCC2)C(=O)Cc2ccccc2)[C@@H]1O. The van der Waals surface area contributed by atoms with Gasteiger partial charge in [0.1, 0.15) is 12.2 Å². The molecular weight excluding hydrogens is 669 g/mol. The molecule has 2 aliphatic rings. The molecule has 2 amide bonds. The Bertz CT molecular complexity index is 1260. The lowest BCUT2D eigenvalue weighted by atomic mass is 9.87. The predicted octanol–water partition coefficient (Wildman–Crippen LogP) is 1.11. The van der Waals surface area contributed by atoms with Crippen LogP contribution in [-0.4, -0.2) is 115 Å². The van der Waals surface area contributed by atoms with Gasteiger partial charge in [0, 0.05) is 44.7 Å². The summed E-state index contributed by atoms with van der Waals surface area (Å²) in [5, 5.41) is 33.4. The number of amides is 2. The van der Waals surface area contributed by atoms with Gasteiger partial charge in [0.15, 0.2) is 11.5 Å². The molecule has 12 heteroatoms. The van der Waals surface area contributed by atoms with Crippen molar-refractivity contribution in [1.29, 1.82) is 0 Å². The molecule has 234 valence electrons. The molecule has 3 atom stereocenters. The van der Waals surface area contributed by atoms with Gasteiger partial charge in [0.2, 0.25) is 11.8 Å². The van der Waals surface area contributed by atoms with Gasteiger partial charge in [-0.1, -0.05) is 30.3 Å². The van der Waals surface area contributed by atoms with E-state index in [1.807, 2.05) is 30.3 Å². The molecule has 1 aliphatic carbocycles. The second kappa shape index (κ2) is 16.4. The lowest BCUT2D eigenvalue weighted by molar-refractivity contribution is -0.138. The number of aliphatic hydroxyl groups excluding tert-OH is 3. The maximum atomic E-state index is 13.9. The van der Waals surface area contributed by atoms with Crippen molar-refractivity contribution in [1.82, 2.24) is 15.1 Å². The normalized spacial score (nSPS) is 20.7. The van der Waals surface area contributed by atoms with Gasteiger partial charge in [0.25, 0.3) is 0 Å². The van der Waals surface area contributed by atoms with Gasteiger partial charge < -0.3 is 39.7 Å². The minimum absolute atomic E-state index is 0.0664. The fourth-order valence-corrected chi connectivity index (χ4v) is 6.11. The molecule has 1 heterocycles. The highest BCUT2D eigenvalue weighted by Crippen LogP contribution is 2.37. The van der Waals surface area contributed by atoms with Crippen molar-refractivity contribution in [2.75, 3.05) is 59.7 Å². The number of rotatable bonds is 13. The molecule has 4 N–H and O–H groups in total. The largest absolute Gasteiger partial charge is 0.493 e. The first kappa shape index (κ1) is 33.1. The zero-order valence-electron chi connectivity index (χ0n) is 24.3. The van der Waals surface area contributed by atoms with Crippen LogP contribution in [0.15, 0.2) is 54.1 Å². The lowest BCUT2D eigenvalue weighted by Crippen LogP contribution is -2.57. The number of hydrogen-bond acceptors (Lipinski definition) is 9. The van der Waals surface area contributed by atoms with E-state index in [1.165, 1.54) is 7.11 Å². The monoisotopic (exact) mass is 709 g/mol. The molecule has 11 nitrogen and oxygen atoms in total. The standard InChI is InChI=1S/C31H40IN3O8/c1-41-27-16-22(20-37)15-24(32)30(27)43-26-19-23(31(40)33-7-12-36)18-25(29(26)39)35(9-8-34-10-13-42-14-11-34)28(38)17-21-5-3-2-4-6-21/h2-6,15-16,19,25-26,29,36-37,39H,7-14,17-18,20H2,1H3,(H,33,40)/t25-,26+,29+/m1/s1. The minimum atomic E-state index is -1.17. The average molecular weight is 710 g/mol. The Labute approximate surface area is 265 Å². The first-order valence-electron chi connectivity index (χ1n) is 14.4. The van der Waals surface area contributed by atoms with E-state index in [1.54, 1.807) is 23.1 Å². The van der Waals surface area contributed by atoms with Crippen LogP contribution in [-0.2, 0) is 27.4 Å². The third kappa shape index (κ3) is 8.89. The molecule has 0 radical (unpaired) electrons. The number of morpholine rings is 1. The Morgan fingerprint density at radius 2 is 1.88 bits per heavy atom. The molecule has 1 aliphatic heterocycles. The predicted molar refractivity (Wildman–Crippen MR) is 168 cm³/mol. The summed E-state index contributed by atoms with van der Waals surface area (Å²) in [6.45, 7) is 3.32. The number of hydrogen-bond donors (Lipinski definition) is 4. The molecule has 2 aromatic rings. The number of methoxy groups -OCH3 is 1. The molecule has 1 fully saturated rings. The van der Waals surface area contributed by atoms with Crippen molar-refractivity contribution in [3.63, 3.8) is 0 Å². The van der Waals surface area contributed by atoms with Gasteiger partial charge in [0.05, 0.1) is 49.6 Å². The van der Waals surface area contributed by atoms with Crippen LogP contribution in [0.4, 0.5) is 0 Å². The molecule has 2 aromatic carbocycles. The van der Waals surface area contributed by atoms with Crippen molar-refractivity contribution >= 4 is 34.4 Å². The summed E-state index contributed by atoms with van der Waals surface area (Å²) in [5.41, 5.74) is 1.83. The van der Waals surface area contributed by atoms with E-state index in [9.17, 15) is 24.9 Å². The summed E-state index contributed by atoms with van der Waals surface area (Å²) in [6.07, 6.45) is -0.337. The van der Waals surface area contributed by atoms with Gasteiger partial charge in [-0.2, -0.15) is 0 Å². The number of carbonyl (C=O) groups is 2. The molecule has 0 unspecified atom stereocenters. The average Bonchev–Trinajstić information content (AvgIpc) is 3.03. The second-order valence-corrected chi connectivity index (χ2v) is 11.6. The molecule has 43 heavy (non-hydrogen) atoms. The van der Waals surface area contributed by atoms with Crippen LogP contribution >= 0.6 is 22.6 Å². The summed E-state index contributed by atoms with van der Waals surface area (Å²) in [4.78, 5) is 31.0. The zero-order chi connectivity index (χ0) is 30.8. The Morgan fingerprint density at radius 1 is 1.14 bits per heavy atom. The van der Waals surface area contributed by atoms with Crippen LogP contribution < -0.4 is 14.8 Å². The van der Waals surface area contributed by atoms with E-state index >= 15 is 0 Å². The molecule has 0 bridgehead atoms. The first-order chi connectivity index (χ1) is 20.8. The molecule has 4 rings (SSSR count). The van der Waals surface area contributed by atoms with E-state index < -0.39 is 24.2 Å². The number of ether oxygens (including phenoxy) is 3. The third-order valence-electron chi connectivity index (χ3n) is 7.62. The summed E-state index contributed by atoms with van der Waals surface area (Å²) < 4.78 is 18.0. The zero-order valence-corrected chi connectivity index (χ0v) is 26.4. The van der Waals surface area contributed by atoms with E-state index in [4.69, 9.17) is 14.2 Å². The van der Waals surface area contributed by atoms with Crippen LogP contribution in [0.5, 0.6) is 11.5 Å². The first-order valence-corrected chi connectivity index (χ1v) is 15.5. The van der Waals surface area contributed by atoms with E-state index in [2.05, 4.69) is 32.8 Å². The highest BCUT2D eigenvalue weighted by molar-refractivity contribution is 14.1. The van der Waals surface area contributed by atoms with Crippen molar-refractivity contribution in [2.45, 2.75) is 37.7 Å². The van der Waals surface area contributed by atoms with Gasteiger partial charge in [-0.05, 0) is 51.9 Å². The third-order valence-corrected chi connectivity index (χ3v) is 8.42. The van der Waals surface area contributed by atoms with Crippen LogP contribution in [0.1, 0.15) is 17.5 Å². The van der Waals surface area contributed by atoms with Crippen molar-refractivity contribution < 1.29 is 39.1 Å². The number of nitrogens with one attached hydrogen (secondary N) is 1. The van der Waals surface area contributed by atoms with Crippen LogP contribution in [0.2, 0.25) is 0 Å². The molecule has 0 saturated carbocycles. The van der Waals surface area contributed by atoms with Crippen molar-refractivity contribution in [3.8, 4) is 11.5 Å². The van der Waals surface area contributed by atoms with E-state index in [-0.39, 0.29) is 38.5 Å². The highest BCUT2D eigenvalue weighted by atomic mass is 127. The van der Waals surface area contributed by atoms with Crippen LogP contribution in [0, 0.1) is 3.57 Å². The molecule has 0 spiro atoms. The number of aliphatic hydroxyl groups is 3. The quantitative estimate of drug-likeness (QED) is 0.225. The fourth-order valence-electron chi connectivity index (χ4n) is 5.32. The maximum absolute atomic E-state index is 13.9. The molecular formula is C31H40IN3O8. The Balaban J connectivity index is 1.67. The van der Waals surface area contributed by atoms with Crippen LogP contribution in [0.3, 0.4) is 0 Å². The molecule has 0 aromatic heterocycles. The number of benzene rings is 2. The number of halogens is 1. The smallest absolute Gasteiger partial charge is 0.247 e. The summed E-state index contributed by atoms with van der Waals surface area (Å²) in [6, 6.07) is 12.1. The summed E-state index contributed by atoms with van der Waals surface area (Å²) in [7, 11) is 1.48. The number of nitrogens with zero attached hydrogens (tertiary/aromatic N) is 2. The van der Waals surface area contributed by atoms with E-state index in [0.29, 0.717) is 52.5 Å². The molecule has 1 saturated heterocycles. The van der Waals surface area contributed by atoms with Crippen molar-refractivity contribution in [2.24, 2.45) is 0 Å². The van der Waals surface area contributed by atoms with Gasteiger partial charge in [-0.3, -0.25) is 14.5 Å². The number of carbonyl (C=O) groups excluding carboxylic acids is 2. The Morgan fingerprint density at radius 3 is 2.56 bits per heavy atom. The lowest BCUT2D eigenvalue weighted by Gasteiger charge is -2.41. The Hall–Kier alpha value is -2.75. The van der Waals surface area contributed by atoms with Gasteiger partial charge in [-0.25, -0.2) is 0 Å². The topological polar surface area (TPSA) is 141 Å². The van der Waals surface area contributed by atoms with Crippen molar-refractivity contribution in [3.05, 3.63) is 68.8 Å². The van der Waals surface area contributed by atoms with Gasteiger partial charge >= 0.3 is 0 Å². The van der Waals surface area contributed by atoms with Crippen LogP contribution in [0.25, 0.3) is 0 Å². The second-order valence-electron chi connectivity index (χ2n) is 10.5.